The van der Waals surface area contributed by atoms with Crippen LogP contribution in [0.1, 0.15) is 12.5 Å². The molecule has 0 bridgehead atoms. The summed E-state index contributed by atoms with van der Waals surface area (Å²) in [4.78, 5) is 12.8. The second-order valence-corrected chi connectivity index (χ2v) is 5.21. The first-order valence-electron chi connectivity index (χ1n) is 6.38. The van der Waals surface area contributed by atoms with Gasteiger partial charge in [-0.15, -0.1) is 0 Å². The first kappa shape index (κ1) is 16.5. The number of aliphatic carboxylic acids is 1. The van der Waals surface area contributed by atoms with Gasteiger partial charge < -0.3 is 14.7 Å². The molecule has 1 aromatic carbocycles. The number of hydrogen-bond donors (Lipinski definition) is 1. The molecule has 0 fully saturated rings. The lowest BCUT2D eigenvalue weighted by atomic mass is 10.0. The lowest BCUT2D eigenvalue weighted by Gasteiger charge is -2.28. The standard InChI is InChI=1S/C14H13ClF3NO3/c1-3-19(2)10-6-11-7(5-9(10)15)4-8(13(20)21)12(22-11)14(16,17)18/h4-6,12H,3H2,1-2H3,(H,20,21). The number of rotatable bonds is 3. The maximum Gasteiger partial charge on any atom is 0.430 e. The zero-order valence-electron chi connectivity index (χ0n) is 11.7. The molecule has 1 aromatic rings. The predicted molar refractivity (Wildman–Crippen MR) is 76.5 cm³/mol. The first-order chi connectivity index (χ1) is 10.1. The van der Waals surface area contributed by atoms with Crippen LogP contribution in [0.2, 0.25) is 5.02 Å². The Morgan fingerprint density at radius 1 is 1.45 bits per heavy atom. The highest BCUT2D eigenvalue weighted by Gasteiger charge is 2.48. The zero-order chi connectivity index (χ0) is 16.7. The van der Waals surface area contributed by atoms with Crippen LogP contribution >= 0.6 is 11.6 Å². The Balaban J connectivity index is 2.56. The van der Waals surface area contributed by atoms with E-state index < -0.39 is 23.8 Å². The smallest absolute Gasteiger partial charge is 0.430 e. The summed E-state index contributed by atoms with van der Waals surface area (Å²) in [6, 6.07) is 2.78. The maximum absolute atomic E-state index is 13.0. The minimum atomic E-state index is -4.82. The number of carbonyl (C=O) groups is 1. The van der Waals surface area contributed by atoms with E-state index in [-0.39, 0.29) is 11.3 Å². The van der Waals surface area contributed by atoms with Gasteiger partial charge in [-0.1, -0.05) is 11.6 Å². The second-order valence-electron chi connectivity index (χ2n) is 4.80. The summed E-state index contributed by atoms with van der Waals surface area (Å²) in [7, 11) is 1.73. The number of fused-ring (bicyclic) bond motifs is 1. The van der Waals surface area contributed by atoms with Gasteiger partial charge in [-0.2, -0.15) is 13.2 Å². The summed E-state index contributed by atoms with van der Waals surface area (Å²) < 4.78 is 43.9. The number of hydrogen-bond acceptors (Lipinski definition) is 3. The van der Waals surface area contributed by atoms with Gasteiger partial charge in [0.05, 0.1) is 16.3 Å². The highest BCUT2D eigenvalue weighted by molar-refractivity contribution is 6.33. The first-order valence-corrected chi connectivity index (χ1v) is 6.76. The summed E-state index contributed by atoms with van der Waals surface area (Å²) in [5.74, 6) is -1.73. The molecule has 2 rings (SSSR count). The molecular weight excluding hydrogens is 323 g/mol. The van der Waals surface area contributed by atoms with E-state index in [4.69, 9.17) is 21.4 Å². The quantitative estimate of drug-likeness (QED) is 0.917. The highest BCUT2D eigenvalue weighted by Crippen LogP contribution is 2.41. The average Bonchev–Trinajstić information content (AvgIpc) is 2.43. The van der Waals surface area contributed by atoms with E-state index in [9.17, 15) is 18.0 Å². The van der Waals surface area contributed by atoms with Crippen molar-refractivity contribution in [2.75, 3.05) is 18.5 Å². The molecule has 0 saturated heterocycles. The Morgan fingerprint density at radius 2 is 2.09 bits per heavy atom. The molecule has 1 aliphatic rings. The topological polar surface area (TPSA) is 49.8 Å². The van der Waals surface area contributed by atoms with Gasteiger partial charge in [0.1, 0.15) is 5.75 Å². The lowest BCUT2D eigenvalue weighted by Crippen LogP contribution is -2.40. The van der Waals surface area contributed by atoms with Gasteiger partial charge in [0.2, 0.25) is 6.10 Å². The van der Waals surface area contributed by atoms with Crippen molar-refractivity contribution in [1.29, 1.82) is 0 Å². The monoisotopic (exact) mass is 335 g/mol. The van der Waals surface area contributed by atoms with E-state index in [1.807, 2.05) is 6.92 Å². The van der Waals surface area contributed by atoms with Crippen LogP contribution in [0, 0.1) is 0 Å². The van der Waals surface area contributed by atoms with Crippen LogP contribution in [0.3, 0.4) is 0 Å². The summed E-state index contributed by atoms with van der Waals surface area (Å²) in [5.41, 5.74) is -0.153. The average molecular weight is 336 g/mol. The molecule has 22 heavy (non-hydrogen) atoms. The zero-order valence-corrected chi connectivity index (χ0v) is 12.5. The van der Waals surface area contributed by atoms with Crippen molar-refractivity contribution in [2.45, 2.75) is 19.2 Å². The SMILES string of the molecule is CCN(C)c1cc2c(cc1Cl)C=C(C(=O)O)C(C(F)(F)F)O2. The molecule has 0 spiro atoms. The maximum atomic E-state index is 13.0. The Morgan fingerprint density at radius 3 is 2.59 bits per heavy atom. The van der Waals surface area contributed by atoms with Crippen molar-refractivity contribution >= 4 is 29.3 Å². The fraction of sp³-hybridized carbons (Fsp3) is 0.357. The number of carboxylic acid groups (broad SMARTS) is 1. The van der Waals surface area contributed by atoms with Gasteiger partial charge in [-0.05, 0) is 19.1 Å². The van der Waals surface area contributed by atoms with Gasteiger partial charge in [0.15, 0.2) is 0 Å². The van der Waals surface area contributed by atoms with Gasteiger partial charge in [0, 0.05) is 25.2 Å². The molecule has 1 aliphatic heterocycles. The molecule has 0 aliphatic carbocycles. The number of benzene rings is 1. The van der Waals surface area contributed by atoms with E-state index in [0.29, 0.717) is 17.3 Å². The largest absolute Gasteiger partial charge is 0.478 e. The molecular formula is C14H13ClF3NO3. The van der Waals surface area contributed by atoms with Crippen molar-refractivity contribution in [3.05, 3.63) is 28.3 Å². The van der Waals surface area contributed by atoms with Crippen LogP contribution in [0.5, 0.6) is 5.75 Å². The van der Waals surface area contributed by atoms with Crippen molar-refractivity contribution < 1.29 is 27.8 Å². The fourth-order valence-electron chi connectivity index (χ4n) is 2.09. The number of halogens is 4. The van der Waals surface area contributed by atoms with E-state index >= 15 is 0 Å². The fourth-order valence-corrected chi connectivity index (χ4v) is 2.40. The molecule has 0 amide bonds. The molecule has 0 saturated carbocycles. The van der Waals surface area contributed by atoms with Gasteiger partial charge >= 0.3 is 12.1 Å². The van der Waals surface area contributed by atoms with Crippen LogP contribution in [0.15, 0.2) is 17.7 Å². The second kappa shape index (κ2) is 5.72. The third-order valence-corrected chi connectivity index (χ3v) is 3.65. The number of nitrogens with zero attached hydrogens (tertiary/aromatic N) is 1. The van der Waals surface area contributed by atoms with E-state index in [0.717, 1.165) is 6.08 Å². The number of ether oxygens (including phenoxy) is 1. The van der Waals surface area contributed by atoms with Gasteiger partial charge in [0.25, 0.3) is 0 Å². The lowest BCUT2D eigenvalue weighted by molar-refractivity contribution is -0.187. The van der Waals surface area contributed by atoms with E-state index in [2.05, 4.69) is 0 Å². The summed E-state index contributed by atoms with van der Waals surface area (Å²) in [6.07, 6.45) is -6.38. The van der Waals surface area contributed by atoms with Crippen LogP contribution in [0.4, 0.5) is 18.9 Å². The molecule has 1 heterocycles. The Bertz CT molecular complexity index is 643. The number of alkyl halides is 3. The Labute approximate surface area is 129 Å². The van der Waals surface area contributed by atoms with Crippen molar-refractivity contribution in [3.63, 3.8) is 0 Å². The molecule has 0 aromatic heterocycles. The van der Waals surface area contributed by atoms with Crippen LogP contribution in [-0.4, -0.2) is 36.9 Å². The number of anilines is 1. The summed E-state index contributed by atoms with van der Waals surface area (Å²) >= 11 is 6.09. The van der Waals surface area contributed by atoms with E-state index in [1.54, 1.807) is 11.9 Å². The minimum absolute atomic E-state index is 0.0491. The Kier molecular flexibility index (Phi) is 4.28. The molecule has 4 nitrogen and oxygen atoms in total. The number of carboxylic acids is 1. The van der Waals surface area contributed by atoms with Crippen molar-refractivity contribution in [1.82, 2.24) is 0 Å². The van der Waals surface area contributed by atoms with Crippen molar-refractivity contribution in [2.24, 2.45) is 0 Å². The highest BCUT2D eigenvalue weighted by atomic mass is 35.5. The van der Waals surface area contributed by atoms with Crippen molar-refractivity contribution in [3.8, 4) is 5.75 Å². The Hall–Kier alpha value is -1.89. The predicted octanol–water partition coefficient (Wildman–Crippen LogP) is 3.59. The van der Waals surface area contributed by atoms with Gasteiger partial charge in [-0.25, -0.2) is 4.79 Å². The van der Waals surface area contributed by atoms with Crippen LogP contribution in [-0.2, 0) is 4.79 Å². The molecule has 0 radical (unpaired) electrons. The third kappa shape index (κ3) is 2.99. The van der Waals surface area contributed by atoms with Crippen LogP contribution in [0.25, 0.3) is 6.08 Å². The molecule has 1 N–H and O–H groups in total. The summed E-state index contributed by atoms with van der Waals surface area (Å²) in [5, 5.41) is 9.26. The van der Waals surface area contributed by atoms with Gasteiger partial charge in [-0.3, -0.25) is 0 Å². The molecule has 1 atom stereocenters. The minimum Gasteiger partial charge on any atom is -0.478 e. The molecule has 8 heteroatoms. The van der Waals surface area contributed by atoms with Crippen LogP contribution < -0.4 is 9.64 Å². The summed E-state index contributed by atoms with van der Waals surface area (Å²) in [6.45, 7) is 2.45. The molecule has 120 valence electrons. The third-order valence-electron chi connectivity index (χ3n) is 3.35. The van der Waals surface area contributed by atoms with E-state index in [1.165, 1.54) is 12.1 Å². The normalized spacial score (nSPS) is 17.4. The molecule has 1 unspecified atom stereocenters.